The number of hydrogen-bond acceptors (Lipinski definition) is 6. The molecule has 2 saturated heterocycles. The van der Waals surface area contributed by atoms with Crippen LogP contribution >= 0.6 is 0 Å². The predicted octanol–water partition coefficient (Wildman–Crippen LogP) is 3.52. The van der Waals surface area contributed by atoms with Crippen molar-refractivity contribution in [2.75, 3.05) is 53.4 Å². The van der Waals surface area contributed by atoms with Crippen molar-refractivity contribution in [2.45, 2.75) is 51.5 Å². The Bertz CT molecular complexity index is 979. The van der Waals surface area contributed by atoms with Crippen LogP contribution in [0.4, 0.5) is 0 Å². The van der Waals surface area contributed by atoms with Crippen molar-refractivity contribution in [3.8, 4) is 5.75 Å². The summed E-state index contributed by atoms with van der Waals surface area (Å²) in [5.41, 5.74) is 2.45. The van der Waals surface area contributed by atoms with Crippen molar-refractivity contribution < 1.29 is 9.53 Å². The van der Waals surface area contributed by atoms with E-state index < -0.39 is 0 Å². The van der Waals surface area contributed by atoms with E-state index in [-0.39, 0.29) is 11.3 Å². The molecule has 1 aromatic heterocycles. The maximum atomic E-state index is 12.5. The van der Waals surface area contributed by atoms with E-state index >= 15 is 0 Å². The SMILES string of the molecule is Cc1cc(C(=O)N(C)C)nc(C2(C)CCN(Cc3ccccc3OCCN3CCCC3)CC2)n1. The van der Waals surface area contributed by atoms with Crippen molar-refractivity contribution >= 4 is 5.91 Å². The fraction of sp³-hybridized carbons (Fsp3) is 0.593. The number of carbonyl (C=O) groups is 1. The molecule has 4 rings (SSSR count). The Morgan fingerprint density at radius 3 is 2.47 bits per heavy atom. The van der Waals surface area contributed by atoms with Gasteiger partial charge in [-0.25, -0.2) is 9.97 Å². The van der Waals surface area contributed by atoms with Crippen LogP contribution in [0.2, 0.25) is 0 Å². The molecule has 0 aliphatic carbocycles. The summed E-state index contributed by atoms with van der Waals surface area (Å²) < 4.78 is 6.19. The van der Waals surface area contributed by atoms with Gasteiger partial charge in [-0.2, -0.15) is 0 Å². The minimum atomic E-state index is -0.129. The Morgan fingerprint density at radius 2 is 1.76 bits per heavy atom. The molecule has 2 fully saturated rings. The molecular weight excluding hydrogens is 426 g/mol. The molecule has 0 atom stereocenters. The Labute approximate surface area is 204 Å². The Morgan fingerprint density at radius 1 is 1.06 bits per heavy atom. The topological polar surface area (TPSA) is 61.8 Å². The van der Waals surface area contributed by atoms with Crippen molar-refractivity contribution in [3.05, 3.63) is 53.1 Å². The van der Waals surface area contributed by atoms with Crippen molar-refractivity contribution in [1.82, 2.24) is 24.7 Å². The van der Waals surface area contributed by atoms with Crippen LogP contribution in [0, 0.1) is 6.92 Å². The lowest BCUT2D eigenvalue weighted by Crippen LogP contribution is -2.42. The van der Waals surface area contributed by atoms with Crippen LogP contribution < -0.4 is 4.74 Å². The number of benzene rings is 1. The zero-order valence-corrected chi connectivity index (χ0v) is 21.2. The van der Waals surface area contributed by atoms with E-state index in [4.69, 9.17) is 14.7 Å². The zero-order valence-electron chi connectivity index (χ0n) is 21.2. The number of aryl methyl sites for hydroxylation is 1. The number of hydrogen-bond donors (Lipinski definition) is 0. The lowest BCUT2D eigenvalue weighted by molar-refractivity contribution is 0.0820. The maximum absolute atomic E-state index is 12.5. The zero-order chi connectivity index (χ0) is 24.1. The normalized spacial score (nSPS) is 18.7. The lowest BCUT2D eigenvalue weighted by Gasteiger charge is -2.38. The first kappa shape index (κ1) is 24.6. The van der Waals surface area contributed by atoms with Gasteiger partial charge in [0.25, 0.3) is 5.91 Å². The van der Waals surface area contributed by atoms with Crippen LogP contribution in [0.3, 0.4) is 0 Å². The van der Waals surface area contributed by atoms with Gasteiger partial charge < -0.3 is 9.64 Å². The van der Waals surface area contributed by atoms with Gasteiger partial charge in [0.05, 0.1) is 0 Å². The van der Waals surface area contributed by atoms with Crippen molar-refractivity contribution in [2.24, 2.45) is 0 Å². The first-order valence-electron chi connectivity index (χ1n) is 12.6. The van der Waals surface area contributed by atoms with E-state index in [2.05, 4.69) is 41.0 Å². The van der Waals surface area contributed by atoms with E-state index in [1.54, 1.807) is 25.1 Å². The molecule has 0 unspecified atom stereocenters. The third kappa shape index (κ3) is 5.94. The number of para-hydroxylation sites is 1. The average Bonchev–Trinajstić information content (AvgIpc) is 3.34. The molecule has 184 valence electrons. The number of amides is 1. The fourth-order valence-corrected chi connectivity index (χ4v) is 4.91. The molecule has 0 spiro atoms. The van der Waals surface area contributed by atoms with Crippen LogP contribution in [0.5, 0.6) is 5.75 Å². The van der Waals surface area contributed by atoms with Crippen molar-refractivity contribution in [1.29, 1.82) is 0 Å². The second kappa shape index (κ2) is 10.8. The minimum Gasteiger partial charge on any atom is -0.492 e. The molecule has 34 heavy (non-hydrogen) atoms. The molecule has 3 heterocycles. The van der Waals surface area contributed by atoms with Gasteiger partial charge >= 0.3 is 0 Å². The molecule has 1 amide bonds. The van der Waals surface area contributed by atoms with Gasteiger partial charge in [-0.3, -0.25) is 14.6 Å². The summed E-state index contributed by atoms with van der Waals surface area (Å²) in [6.45, 7) is 11.1. The average molecular weight is 466 g/mol. The number of rotatable bonds is 8. The minimum absolute atomic E-state index is 0.0749. The first-order valence-corrected chi connectivity index (χ1v) is 12.6. The Kier molecular flexibility index (Phi) is 7.84. The van der Waals surface area contributed by atoms with Crippen LogP contribution in [0.15, 0.2) is 30.3 Å². The summed E-state index contributed by atoms with van der Waals surface area (Å²) in [5.74, 6) is 1.72. The molecule has 2 aliphatic heterocycles. The molecule has 2 aliphatic rings. The third-order valence-electron chi connectivity index (χ3n) is 7.21. The summed E-state index contributed by atoms with van der Waals surface area (Å²) in [7, 11) is 3.52. The Hall–Kier alpha value is -2.51. The molecule has 2 aromatic rings. The Balaban J connectivity index is 1.36. The largest absolute Gasteiger partial charge is 0.492 e. The second-order valence-electron chi connectivity index (χ2n) is 10.3. The number of aromatic nitrogens is 2. The molecular formula is C27H39N5O2. The third-order valence-corrected chi connectivity index (χ3v) is 7.21. The highest BCUT2D eigenvalue weighted by atomic mass is 16.5. The van der Waals surface area contributed by atoms with Crippen LogP contribution in [0.25, 0.3) is 0 Å². The number of ether oxygens (including phenoxy) is 1. The van der Waals surface area contributed by atoms with Gasteiger partial charge in [0.1, 0.15) is 23.9 Å². The van der Waals surface area contributed by atoms with E-state index in [1.807, 2.05) is 6.92 Å². The highest BCUT2D eigenvalue weighted by molar-refractivity contribution is 5.92. The molecule has 7 heteroatoms. The van der Waals surface area contributed by atoms with E-state index in [0.717, 1.165) is 62.9 Å². The van der Waals surface area contributed by atoms with Crippen LogP contribution in [-0.2, 0) is 12.0 Å². The summed E-state index contributed by atoms with van der Waals surface area (Å²) in [4.78, 5) is 28.5. The molecule has 0 saturated carbocycles. The molecule has 7 nitrogen and oxygen atoms in total. The van der Waals surface area contributed by atoms with Gasteiger partial charge in [0.2, 0.25) is 0 Å². The van der Waals surface area contributed by atoms with Gasteiger partial charge in [-0.15, -0.1) is 0 Å². The number of piperidine rings is 1. The van der Waals surface area contributed by atoms with Crippen molar-refractivity contribution in [3.63, 3.8) is 0 Å². The van der Waals surface area contributed by atoms with E-state index in [1.165, 1.54) is 31.5 Å². The number of likely N-dealkylation sites (tertiary alicyclic amines) is 2. The summed E-state index contributed by atoms with van der Waals surface area (Å²) in [5, 5.41) is 0. The van der Waals surface area contributed by atoms with E-state index in [9.17, 15) is 4.79 Å². The molecule has 0 bridgehead atoms. The summed E-state index contributed by atoms with van der Waals surface area (Å²) in [6, 6.07) is 10.2. The van der Waals surface area contributed by atoms with Crippen LogP contribution in [0.1, 0.15) is 60.2 Å². The fourth-order valence-electron chi connectivity index (χ4n) is 4.91. The van der Waals surface area contributed by atoms with Gasteiger partial charge in [0.15, 0.2) is 0 Å². The number of nitrogens with zero attached hydrogens (tertiary/aromatic N) is 5. The molecule has 1 aromatic carbocycles. The second-order valence-corrected chi connectivity index (χ2v) is 10.3. The lowest BCUT2D eigenvalue weighted by atomic mass is 9.79. The van der Waals surface area contributed by atoms with Gasteiger partial charge in [-0.05, 0) is 70.9 Å². The quantitative estimate of drug-likeness (QED) is 0.595. The van der Waals surface area contributed by atoms with E-state index in [0.29, 0.717) is 5.69 Å². The monoisotopic (exact) mass is 465 g/mol. The highest BCUT2D eigenvalue weighted by Gasteiger charge is 2.35. The first-order chi connectivity index (χ1) is 16.3. The molecule has 0 N–H and O–H groups in total. The summed E-state index contributed by atoms with van der Waals surface area (Å²) in [6.07, 6.45) is 4.55. The standard InChI is InChI=1S/C27H39N5O2/c1-21-19-23(25(33)30(3)4)29-26(28-21)27(2)11-15-32(16-12-27)20-22-9-5-6-10-24(22)34-18-17-31-13-7-8-14-31/h5-6,9-10,19H,7-8,11-18,20H2,1-4H3. The predicted molar refractivity (Wildman–Crippen MR) is 134 cm³/mol. The maximum Gasteiger partial charge on any atom is 0.272 e. The highest BCUT2D eigenvalue weighted by Crippen LogP contribution is 2.34. The number of carbonyl (C=O) groups excluding carboxylic acids is 1. The van der Waals surface area contributed by atoms with Crippen LogP contribution in [-0.4, -0.2) is 84.0 Å². The van der Waals surface area contributed by atoms with Gasteiger partial charge in [0, 0.05) is 43.9 Å². The smallest absolute Gasteiger partial charge is 0.272 e. The molecule has 0 radical (unpaired) electrons. The summed E-state index contributed by atoms with van der Waals surface area (Å²) >= 11 is 0. The van der Waals surface area contributed by atoms with Gasteiger partial charge in [-0.1, -0.05) is 25.1 Å².